The average Bonchev–Trinajstić information content (AvgIpc) is 2.37. The van der Waals surface area contributed by atoms with Gasteiger partial charge in [-0.05, 0) is 48.0 Å². The lowest BCUT2D eigenvalue weighted by molar-refractivity contribution is 0.104. The van der Waals surface area contributed by atoms with E-state index in [9.17, 15) is 4.79 Å². The molecule has 0 bridgehead atoms. The van der Waals surface area contributed by atoms with Gasteiger partial charge in [-0.3, -0.25) is 4.79 Å². The quantitative estimate of drug-likeness (QED) is 0.545. The summed E-state index contributed by atoms with van der Waals surface area (Å²) in [5, 5.41) is 0. The molecule has 0 saturated heterocycles. The van der Waals surface area contributed by atoms with E-state index in [-0.39, 0.29) is 5.78 Å². The molecule has 0 fully saturated rings. The zero-order valence-corrected chi connectivity index (χ0v) is 12.6. The van der Waals surface area contributed by atoms with Crippen molar-refractivity contribution >= 4 is 43.7 Å². The Labute approximate surface area is 123 Å². The molecule has 0 heterocycles. The third-order valence-corrected chi connectivity index (χ3v) is 3.43. The maximum Gasteiger partial charge on any atom is 0.185 e. The number of allylic oxidation sites excluding steroid dienone is 1. The minimum absolute atomic E-state index is 0.00229. The number of hydrogen-bond acceptors (Lipinski definition) is 1. The van der Waals surface area contributed by atoms with E-state index in [4.69, 9.17) is 0 Å². The second-order valence-electron chi connectivity index (χ2n) is 3.76. The number of rotatable bonds is 3. The summed E-state index contributed by atoms with van der Waals surface area (Å²) < 4.78 is 1.97. The van der Waals surface area contributed by atoms with Gasteiger partial charge in [-0.1, -0.05) is 50.1 Å². The SMILES string of the molecule is O=C(/C=C/c1cccc(Br)c1)c1ccc(Br)cc1. The number of carbonyl (C=O) groups excluding carboxylic acids is 1. The summed E-state index contributed by atoms with van der Waals surface area (Å²) in [7, 11) is 0. The van der Waals surface area contributed by atoms with Crippen LogP contribution in [0, 0.1) is 0 Å². The number of halogens is 2. The highest BCUT2D eigenvalue weighted by atomic mass is 79.9. The Bertz CT molecular complexity index is 586. The lowest BCUT2D eigenvalue weighted by atomic mass is 10.1. The molecule has 0 atom stereocenters. The molecule has 1 nitrogen and oxygen atoms in total. The minimum atomic E-state index is 0.00229. The van der Waals surface area contributed by atoms with Gasteiger partial charge >= 0.3 is 0 Å². The van der Waals surface area contributed by atoms with Crippen LogP contribution in [0.15, 0.2) is 63.6 Å². The molecule has 2 aromatic carbocycles. The Balaban J connectivity index is 2.14. The molecule has 0 radical (unpaired) electrons. The number of benzene rings is 2. The van der Waals surface area contributed by atoms with Crippen molar-refractivity contribution in [2.45, 2.75) is 0 Å². The molecule has 0 aromatic heterocycles. The van der Waals surface area contributed by atoms with Gasteiger partial charge in [0.05, 0.1) is 0 Å². The van der Waals surface area contributed by atoms with Gasteiger partial charge in [-0.25, -0.2) is 0 Å². The molecule has 2 aromatic rings. The minimum Gasteiger partial charge on any atom is -0.289 e. The summed E-state index contributed by atoms with van der Waals surface area (Å²) in [6.45, 7) is 0. The summed E-state index contributed by atoms with van der Waals surface area (Å²) in [5.41, 5.74) is 1.68. The molecule has 0 unspecified atom stereocenters. The Morgan fingerprint density at radius 3 is 2.33 bits per heavy atom. The lowest BCUT2D eigenvalue weighted by Crippen LogP contribution is -1.93. The van der Waals surface area contributed by atoms with Crippen LogP contribution < -0.4 is 0 Å². The molecule has 3 heteroatoms. The van der Waals surface area contributed by atoms with E-state index in [2.05, 4.69) is 31.9 Å². The van der Waals surface area contributed by atoms with Crippen LogP contribution in [0.2, 0.25) is 0 Å². The Hall–Kier alpha value is -1.19. The number of hydrogen-bond donors (Lipinski definition) is 0. The van der Waals surface area contributed by atoms with Crippen LogP contribution in [0.3, 0.4) is 0 Å². The number of carbonyl (C=O) groups is 1. The summed E-state index contributed by atoms with van der Waals surface area (Å²) in [4.78, 5) is 11.9. The van der Waals surface area contributed by atoms with Crippen molar-refractivity contribution in [3.63, 3.8) is 0 Å². The highest BCUT2D eigenvalue weighted by Crippen LogP contribution is 2.14. The fourth-order valence-electron chi connectivity index (χ4n) is 1.49. The van der Waals surface area contributed by atoms with Crippen molar-refractivity contribution in [1.82, 2.24) is 0 Å². The van der Waals surface area contributed by atoms with Crippen LogP contribution in [-0.2, 0) is 0 Å². The monoisotopic (exact) mass is 364 g/mol. The molecular weight excluding hydrogens is 356 g/mol. The Morgan fingerprint density at radius 2 is 1.67 bits per heavy atom. The van der Waals surface area contributed by atoms with Crippen LogP contribution in [0.4, 0.5) is 0 Å². The van der Waals surface area contributed by atoms with Crippen LogP contribution >= 0.6 is 31.9 Å². The second kappa shape index (κ2) is 6.12. The summed E-state index contributed by atoms with van der Waals surface area (Å²) in [6.07, 6.45) is 3.40. The first-order chi connectivity index (χ1) is 8.65. The van der Waals surface area contributed by atoms with Crippen LogP contribution in [0.25, 0.3) is 6.08 Å². The Kier molecular flexibility index (Phi) is 4.50. The molecule has 90 valence electrons. The molecule has 0 amide bonds. The zero-order valence-electron chi connectivity index (χ0n) is 9.44. The standard InChI is InChI=1S/C15H10Br2O/c16-13-7-5-12(6-8-13)15(18)9-4-11-2-1-3-14(17)10-11/h1-10H/b9-4+. The van der Waals surface area contributed by atoms with Gasteiger partial charge in [-0.2, -0.15) is 0 Å². The molecule has 0 saturated carbocycles. The van der Waals surface area contributed by atoms with Gasteiger partial charge in [0.25, 0.3) is 0 Å². The van der Waals surface area contributed by atoms with Crippen molar-refractivity contribution in [1.29, 1.82) is 0 Å². The average molecular weight is 366 g/mol. The fraction of sp³-hybridized carbons (Fsp3) is 0. The largest absolute Gasteiger partial charge is 0.289 e. The summed E-state index contributed by atoms with van der Waals surface area (Å²) >= 11 is 6.74. The molecular formula is C15H10Br2O. The van der Waals surface area contributed by atoms with E-state index < -0.39 is 0 Å². The van der Waals surface area contributed by atoms with Crippen molar-refractivity contribution < 1.29 is 4.79 Å². The van der Waals surface area contributed by atoms with Gasteiger partial charge in [0.15, 0.2) is 5.78 Å². The molecule has 0 aliphatic heterocycles. The van der Waals surface area contributed by atoms with Crippen molar-refractivity contribution in [3.8, 4) is 0 Å². The summed E-state index contributed by atoms with van der Waals surface area (Å²) in [6, 6.07) is 15.1. The fourth-order valence-corrected chi connectivity index (χ4v) is 2.17. The first-order valence-electron chi connectivity index (χ1n) is 5.39. The first kappa shape index (κ1) is 13.2. The molecule has 2 rings (SSSR count). The molecule has 0 N–H and O–H groups in total. The smallest absolute Gasteiger partial charge is 0.185 e. The maximum absolute atomic E-state index is 11.9. The van der Waals surface area contributed by atoms with Crippen molar-refractivity contribution in [3.05, 3.63) is 74.7 Å². The third kappa shape index (κ3) is 3.65. The van der Waals surface area contributed by atoms with Gasteiger partial charge in [0.2, 0.25) is 0 Å². The van der Waals surface area contributed by atoms with Crippen molar-refractivity contribution in [2.75, 3.05) is 0 Å². The molecule has 18 heavy (non-hydrogen) atoms. The first-order valence-corrected chi connectivity index (χ1v) is 6.97. The van der Waals surface area contributed by atoms with E-state index in [1.165, 1.54) is 0 Å². The zero-order chi connectivity index (χ0) is 13.0. The molecule has 0 aliphatic rings. The van der Waals surface area contributed by atoms with Gasteiger partial charge in [0.1, 0.15) is 0 Å². The van der Waals surface area contributed by atoms with E-state index in [1.807, 2.05) is 42.5 Å². The van der Waals surface area contributed by atoms with Crippen LogP contribution in [0.5, 0.6) is 0 Å². The highest BCUT2D eigenvalue weighted by molar-refractivity contribution is 9.10. The molecule has 0 spiro atoms. The maximum atomic E-state index is 11.9. The predicted octanol–water partition coefficient (Wildman–Crippen LogP) is 5.11. The van der Waals surface area contributed by atoms with Gasteiger partial charge in [0, 0.05) is 14.5 Å². The number of ketones is 1. The summed E-state index contributed by atoms with van der Waals surface area (Å²) in [5.74, 6) is 0.00229. The topological polar surface area (TPSA) is 17.1 Å². The van der Waals surface area contributed by atoms with Crippen LogP contribution in [-0.4, -0.2) is 5.78 Å². The molecule has 0 aliphatic carbocycles. The lowest BCUT2D eigenvalue weighted by Gasteiger charge is -1.97. The van der Waals surface area contributed by atoms with E-state index in [0.29, 0.717) is 5.56 Å². The van der Waals surface area contributed by atoms with Gasteiger partial charge in [-0.15, -0.1) is 0 Å². The van der Waals surface area contributed by atoms with E-state index >= 15 is 0 Å². The van der Waals surface area contributed by atoms with E-state index in [1.54, 1.807) is 18.2 Å². The van der Waals surface area contributed by atoms with E-state index in [0.717, 1.165) is 14.5 Å². The third-order valence-electron chi connectivity index (χ3n) is 2.40. The van der Waals surface area contributed by atoms with Gasteiger partial charge < -0.3 is 0 Å². The van der Waals surface area contributed by atoms with Crippen molar-refractivity contribution in [2.24, 2.45) is 0 Å². The second-order valence-corrected chi connectivity index (χ2v) is 5.59. The predicted molar refractivity (Wildman–Crippen MR) is 81.6 cm³/mol. The highest BCUT2D eigenvalue weighted by Gasteiger charge is 2.00. The normalized spacial score (nSPS) is 10.8. The van der Waals surface area contributed by atoms with Crippen LogP contribution in [0.1, 0.15) is 15.9 Å². The Morgan fingerprint density at radius 1 is 0.944 bits per heavy atom.